The zero-order valence-corrected chi connectivity index (χ0v) is 9.05. The Morgan fingerprint density at radius 3 is 2.73 bits per heavy atom. The van der Waals surface area contributed by atoms with E-state index >= 15 is 0 Å². The van der Waals surface area contributed by atoms with Crippen molar-refractivity contribution in [1.82, 2.24) is 9.55 Å². The van der Waals surface area contributed by atoms with Gasteiger partial charge in [-0.25, -0.2) is 4.79 Å². The van der Waals surface area contributed by atoms with Gasteiger partial charge in [-0.3, -0.25) is 9.36 Å². The number of aryl methyl sites for hydroxylation is 1. The third kappa shape index (κ3) is 1.47. The molecule has 5 heteroatoms. The lowest BCUT2D eigenvalue weighted by atomic mass is 10.1. The molecule has 2 rings (SSSR count). The molecule has 1 aromatic heterocycles. The molecule has 1 heterocycles. The van der Waals surface area contributed by atoms with Crippen LogP contribution in [0.5, 0.6) is 0 Å². The molecule has 0 fully saturated rings. The first-order valence-electron chi connectivity index (χ1n) is 4.40. The van der Waals surface area contributed by atoms with E-state index < -0.39 is 0 Å². The number of Topliss-reactive ketones (excluding diaryl/α,β-unsaturated/α-hetero) is 1. The summed E-state index contributed by atoms with van der Waals surface area (Å²) in [4.78, 5) is 25.2. The van der Waals surface area contributed by atoms with Crippen molar-refractivity contribution in [3.63, 3.8) is 0 Å². The van der Waals surface area contributed by atoms with E-state index in [1.807, 2.05) is 0 Å². The quantitative estimate of drug-likeness (QED) is 0.750. The summed E-state index contributed by atoms with van der Waals surface area (Å²) >= 11 is 5.91. The van der Waals surface area contributed by atoms with Crippen molar-refractivity contribution in [1.29, 1.82) is 0 Å². The zero-order valence-electron chi connectivity index (χ0n) is 8.30. The minimum atomic E-state index is -0.221. The number of hydrogen-bond acceptors (Lipinski definition) is 2. The Kier molecular flexibility index (Phi) is 2.16. The van der Waals surface area contributed by atoms with E-state index in [4.69, 9.17) is 11.6 Å². The largest absolute Gasteiger partial charge is 0.326 e. The molecule has 0 saturated heterocycles. The van der Waals surface area contributed by atoms with E-state index in [0.717, 1.165) is 0 Å². The molecule has 0 amide bonds. The predicted molar refractivity (Wildman–Crippen MR) is 58.6 cm³/mol. The Hall–Kier alpha value is -1.55. The molecule has 2 aromatic rings. The maximum absolute atomic E-state index is 11.3. The zero-order chi connectivity index (χ0) is 11.2. The van der Waals surface area contributed by atoms with Crippen molar-refractivity contribution in [2.45, 2.75) is 6.92 Å². The van der Waals surface area contributed by atoms with Gasteiger partial charge in [0, 0.05) is 12.6 Å². The summed E-state index contributed by atoms with van der Waals surface area (Å²) in [6.07, 6.45) is 0. The summed E-state index contributed by atoms with van der Waals surface area (Å²) in [5.74, 6) is -0.115. The third-order valence-corrected chi connectivity index (χ3v) is 2.68. The Bertz CT molecular complexity index is 610. The molecule has 0 aliphatic heterocycles. The van der Waals surface area contributed by atoms with Gasteiger partial charge in [0.15, 0.2) is 5.78 Å². The molecule has 0 aliphatic rings. The van der Waals surface area contributed by atoms with Gasteiger partial charge in [-0.15, -0.1) is 0 Å². The van der Waals surface area contributed by atoms with E-state index in [9.17, 15) is 9.59 Å². The van der Waals surface area contributed by atoms with Crippen LogP contribution in [0.25, 0.3) is 11.0 Å². The fraction of sp³-hybridized carbons (Fsp3) is 0.200. The highest BCUT2D eigenvalue weighted by molar-refractivity contribution is 6.34. The molecule has 15 heavy (non-hydrogen) atoms. The van der Waals surface area contributed by atoms with Crippen LogP contribution in [-0.4, -0.2) is 15.3 Å². The summed E-state index contributed by atoms with van der Waals surface area (Å²) in [7, 11) is 1.64. The standard InChI is InChI=1S/C10H9ClN2O2/c1-5(14)6-3-9-8(4-7(6)11)12-10(15)13(9)2/h3-4H,1-2H3,(H,12,15). The first-order valence-corrected chi connectivity index (χ1v) is 4.77. The van der Waals surface area contributed by atoms with Crippen LogP contribution in [0, 0.1) is 0 Å². The van der Waals surface area contributed by atoms with Crippen LogP contribution in [0.4, 0.5) is 0 Å². The topological polar surface area (TPSA) is 54.9 Å². The number of nitrogens with zero attached hydrogens (tertiary/aromatic N) is 1. The second kappa shape index (κ2) is 3.24. The second-order valence-corrected chi connectivity index (χ2v) is 3.80. The number of aromatic amines is 1. The van der Waals surface area contributed by atoms with E-state index in [-0.39, 0.29) is 11.5 Å². The van der Waals surface area contributed by atoms with Crippen LogP contribution in [0.2, 0.25) is 5.02 Å². The molecule has 1 N–H and O–H groups in total. The van der Waals surface area contributed by atoms with Crippen molar-refractivity contribution < 1.29 is 4.79 Å². The summed E-state index contributed by atoms with van der Waals surface area (Å²) < 4.78 is 1.44. The molecule has 78 valence electrons. The summed E-state index contributed by atoms with van der Waals surface area (Å²) in [5.41, 5.74) is 1.52. The van der Waals surface area contributed by atoms with Crippen molar-refractivity contribution in [3.8, 4) is 0 Å². The van der Waals surface area contributed by atoms with Gasteiger partial charge in [0.05, 0.1) is 16.1 Å². The minimum Gasteiger partial charge on any atom is -0.305 e. The number of fused-ring (bicyclic) bond motifs is 1. The highest BCUT2D eigenvalue weighted by Crippen LogP contribution is 2.22. The van der Waals surface area contributed by atoms with E-state index in [1.54, 1.807) is 19.2 Å². The number of rotatable bonds is 1. The first-order chi connectivity index (χ1) is 7.00. The number of hydrogen-bond donors (Lipinski definition) is 1. The summed E-state index contributed by atoms with van der Waals surface area (Å²) in [6.45, 7) is 1.44. The Morgan fingerprint density at radius 1 is 1.47 bits per heavy atom. The second-order valence-electron chi connectivity index (χ2n) is 3.39. The summed E-state index contributed by atoms with van der Waals surface area (Å²) in [5, 5.41) is 0.358. The van der Waals surface area contributed by atoms with Crippen LogP contribution in [0.3, 0.4) is 0 Å². The lowest BCUT2D eigenvalue weighted by Gasteiger charge is -2.00. The number of H-pyrrole nitrogens is 1. The number of halogens is 1. The fourth-order valence-corrected chi connectivity index (χ4v) is 1.81. The molecule has 0 atom stereocenters. The van der Waals surface area contributed by atoms with Gasteiger partial charge < -0.3 is 4.98 Å². The highest BCUT2D eigenvalue weighted by Gasteiger charge is 2.10. The molecule has 0 unspecified atom stereocenters. The van der Waals surface area contributed by atoms with Crippen LogP contribution >= 0.6 is 11.6 Å². The van der Waals surface area contributed by atoms with Gasteiger partial charge >= 0.3 is 5.69 Å². The van der Waals surface area contributed by atoms with Crippen molar-refractivity contribution in [3.05, 3.63) is 33.2 Å². The molecule has 0 radical (unpaired) electrons. The van der Waals surface area contributed by atoms with E-state index in [1.165, 1.54) is 11.5 Å². The maximum Gasteiger partial charge on any atom is 0.326 e. The van der Waals surface area contributed by atoms with Crippen molar-refractivity contribution in [2.75, 3.05) is 0 Å². The van der Waals surface area contributed by atoms with Gasteiger partial charge in [-0.1, -0.05) is 11.6 Å². The van der Waals surface area contributed by atoms with E-state index in [0.29, 0.717) is 21.6 Å². The Balaban J connectivity index is 2.89. The number of carbonyl (C=O) groups is 1. The lowest BCUT2D eigenvalue weighted by molar-refractivity contribution is 0.101. The Morgan fingerprint density at radius 2 is 2.13 bits per heavy atom. The van der Waals surface area contributed by atoms with Gasteiger partial charge in [0.1, 0.15) is 0 Å². The molecular formula is C10H9ClN2O2. The van der Waals surface area contributed by atoms with Crippen LogP contribution in [-0.2, 0) is 7.05 Å². The minimum absolute atomic E-state index is 0.115. The van der Waals surface area contributed by atoms with Crippen molar-refractivity contribution in [2.24, 2.45) is 7.05 Å². The predicted octanol–water partition coefficient (Wildman–Crippen LogP) is 1.72. The number of carbonyl (C=O) groups excluding carboxylic acids is 1. The molecule has 0 aliphatic carbocycles. The molecule has 4 nitrogen and oxygen atoms in total. The smallest absolute Gasteiger partial charge is 0.305 e. The van der Waals surface area contributed by atoms with Gasteiger partial charge in [0.25, 0.3) is 0 Å². The maximum atomic E-state index is 11.3. The summed E-state index contributed by atoms with van der Waals surface area (Å²) in [6, 6.07) is 3.22. The number of ketones is 1. The third-order valence-electron chi connectivity index (χ3n) is 2.37. The fourth-order valence-electron chi connectivity index (χ4n) is 1.52. The number of aromatic nitrogens is 2. The molecule has 0 saturated carbocycles. The molecule has 1 aromatic carbocycles. The normalized spacial score (nSPS) is 10.9. The molecule has 0 spiro atoms. The van der Waals surface area contributed by atoms with E-state index in [2.05, 4.69) is 4.98 Å². The molecular weight excluding hydrogens is 216 g/mol. The highest BCUT2D eigenvalue weighted by atomic mass is 35.5. The van der Waals surface area contributed by atoms with Crippen LogP contribution < -0.4 is 5.69 Å². The average molecular weight is 225 g/mol. The Labute approximate surface area is 90.5 Å². The monoisotopic (exact) mass is 224 g/mol. The first kappa shape index (κ1) is 9.98. The number of benzene rings is 1. The SMILES string of the molecule is CC(=O)c1cc2c(cc1Cl)[nH]c(=O)n2C. The number of nitrogens with one attached hydrogen (secondary N) is 1. The lowest BCUT2D eigenvalue weighted by Crippen LogP contribution is -2.11. The van der Waals surface area contributed by atoms with Crippen LogP contribution in [0.15, 0.2) is 16.9 Å². The van der Waals surface area contributed by atoms with Gasteiger partial charge in [0.2, 0.25) is 0 Å². The van der Waals surface area contributed by atoms with Crippen LogP contribution in [0.1, 0.15) is 17.3 Å². The average Bonchev–Trinajstić information content (AvgIpc) is 2.41. The van der Waals surface area contributed by atoms with Gasteiger partial charge in [-0.2, -0.15) is 0 Å². The van der Waals surface area contributed by atoms with Gasteiger partial charge in [-0.05, 0) is 19.1 Å². The number of imidazole rings is 1. The van der Waals surface area contributed by atoms with Crippen molar-refractivity contribution >= 4 is 28.4 Å². The molecule has 0 bridgehead atoms.